The van der Waals surface area contributed by atoms with Crippen LogP contribution in [0.5, 0.6) is 5.75 Å². The summed E-state index contributed by atoms with van der Waals surface area (Å²) < 4.78 is 18.7. The largest absolute Gasteiger partial charge is 0.494 e. The van der Waals surface area contributed by atoms with Gasteiger partial charge in [-0.1, -0.05) is 11.6 Å². The molecule has 3 N–H and O–H groups in total. The van der Waals surface area contributed by atoms with E-state index in [0.717, 1.165) is 11.4 Å². The van der Waals surface area contributed by atoms with Crippen molar-refractivity contribution >= 4 is 28.7 Å². The Morgan fingerprint density at radius 1 is 1.26 bits per heavy atom. The van der Waals surface area contributed by atoms with Gasteiger partial charge in [-0.2, -0.15) is 0 Å². The maximum absolute atomic E-state index is 13.4. The van der Waals surface area contributed by atoms with Gasteiger partial charge < -0.3 is 15.8 Å². The molecular formula is C14H14ClFN2O. The maximum atomic E-state index is 13.4. The lowest BCUT2D eigenvalue weighted by Gasteiger charge is -2.11. The Hall–Kier alpha value is -1.94. The first-order valence-electron chi connectivity index (χ1n) is 5.84. The molecule has 19 heavy (non-hydrogen) atoms. The third-order valence-electron chi connectivity index (χ3n) is 2.54. The highest BCUT2D eigenvalue weighted by Crippen LogP contribution is 2.29. The number of benzene rings is 2. The lowest BCUT2D eigenvalue weighted by atomic mass is 10.2. The number of nitrogens with two attached hydrogens (primary N) is 1. The average molecular weight is 281 g/mol. The molecule has 0 unspecified atom stereocenters. The van der Waals surface area contributed by atoms with Gasteiger partial charge in [0.2, 0.25) is 0 Å². The van der Waals surface area contributed by atoms with Crippen LogP contribution in [0.3, 0.4) is 0 Å². The summed E-state index contributed by atoms with van der Waals surface area (Å²) in [5, 5.41) is 3.04. The maximum Gasteiger partial charge on any atom is 0.144 e. The van der Waals surface area contributed by atoms with Crippen LogP contribution in [0.25, 0.3) is 0 Å². The van der Waals surface area contributed by atoms with Crippen LogP contribution >= 0.6 is 11.6 Å². The number of nitrogen functional groups attached to an aromatic ring is 1. The second kappa shape index (κ2) is 5.80. The van der Waals surface area contributed by atoms with Gasteiger partial charge in [0.05, 0.1) is 23.0 Å². The quantitative estimate of drug-likeness (QED) is 0.825. The second-order valence-electron chi connectivity index (χ2n) is 3.94. The minimum atomic E-state index is -0.510. The normalized spacial score (nSPS) is 10.3. The smallest absolute Gasteiger partial charge is 0.144 e. The van der Waals surface area contributed by atoms with E-state index in [9.17, 15) is 4.39 Å². The van der Waals surface area contributed by atoms with E-state index < -0.39 is 5.82 Å². The molecule has 0 saturated heterocycles. The van der Waals surface area contributed by atoms with E-state index in [1.54, 1.807) is 0 Å². The van der Waals surface area contributed by atoms with E-state index in [1.165, 1.54) is 12.1 Å². The molecule has 0 saturated carbocycles. The summed E-state index contributed by atoms with van der Waals surface area (Å²) in [5.74, 6) is 0.271. The average Bonchev–Trinajstić information content (AvgIpc) is 2.38. The van der Waals surface area contributed by atoms with Crippen LogP contribution in [0.15, 0.2) is 36.4 Å². The Bertz CT molecular complexity index is 572. The fraction of sp³-hybridized carbons (Fsp3) is 0.143. The summed E-state index contributed by atoms with van der Waals surface area (Å²) in [6.45, 7) is 2.53. The highest BCUT2D eigenvalue weighted by Gasteiger charge is 2.06. The summed E-state index contributed by atoms with van der Waals surface area (Å²) in [7, 11) is 0. The Labute approximate surface area is 116 Å². The fourth-order valence-corrected chi connectivity index (χ4v) is 1.80. The third-order valence-corrected chi connectivity index (χ3v) is 2.83. The zero-order valence-electron chi connectivity index (χ0n) is 10.4. The predicted octanol–water partition coefficient (Wildman–Crippen LogP) is 4.20. The van der Waals surface area contributed by atoms with E-state index >= 15 is 0 Å². The van der Waals surface area contributed by atoms with E-state index in [0.29, 0.717) is 18.0 Å². The first kappa shape index (κ1) is 13.5. The van der Waals surface area contributed by atoms with Gasteiger partial charge in [0.1, 0.15) is 11.6 Å². The van der Waals surface area contributed by atoms with Crippen molar-refractivity contribution in [1.82, 2.24) is 0 Å². The van der Waals surface area contributed by atoms with E-state index in [1.807, 2.05) is 31.2 Å². The van der Waals surface area contributed by atoms with Crippen LogP contribution < -0.4 is 15.8 Å². The monoisotopic (exact) mass is 280 g/mol. The molecule has 2 rings (SSSR count). The van der Waals surface area contributed by atoms with Gasteiger partial charge >= 0.3 is 0 Å². The lowest BCUT2D eigenvalue weighted by molar-refractivity contribution is 0.340. The van der Waals surface area contributed by atoms with Gasteiger partial charge in [0.25, 0.3) is 0 Å². The van der Waals surface area contributed by atoms with Crippen molar-refractivity contribution in [3.63, 3.8) is 0 Å². The summed E-state index contributed by atoms with van der Waals surface area (Å²) in [4.78, 5) is 0. The molecule has 0 aromatic heterocycles. The second-order valence-corrected chi connectivity index (χ2v) is 4.34. The van der Waals surface area contributed by atoms with Gasteiger partial charge in [0.15, 0.2) is 0 Å². The van der Waals surface area contributed by atoms with Crippen LogP contribution in [0.1, 0.15) is 6.92 Å². The third kappa shape index (κ3) is 3.29. The number of nitrogens with one attached hydrogen (secondary N) is 1. The van der Waals surface area contributed by atoms with E-state index in [4.69, 9.17) is 22.1 Å². The van der Waals surface area contributed by atoms with Crippen molar-refractivity contribution in [3.05, 3.63) is 47.2 Å². The lowest BCUT2D eigenvalue weighted by Crippen LogP contribution is -1.98. The van der Waals surface area contributed by atoms with E-state index in [-0.39, 0.29) is 5.02 Å². The van der Waals surface area contributed by atoms with Crippen molar-refractivity contribution in [2.24, 2.45) is 0 Å². The minimum Gasteiger partial charge on any atom is -0.494 e. The van der Waals surface area contributed by atoms with Gasteiger partial charge in [-0.25, -0.2) is 4.39 Å². The van der Waals surface area contributed by atoms with Gasteiger partial charge in [-0.05, 0) is 37.3 Å². The Morgan fingerprint density at radius 3 is 2.58 bits per heavy atom. The molecule has 100 valence electrons. The first-order valence-corrected chi connectivity index (χ1v) is 6.22. The van der Waals surface area contributed by atoms with Crippen LogP contribution in [-0.4, -0.2) is 6.61 Å². The summed E-state index contributed by atoms with van der Waals surface area (Å²) >= 11 is 5.65. The highest BCUT2D eigenvalue weighted by atomic mass is 35.5. The Morgan fingerprint density at radius 2 is 1.95 bits per heavy atom. The Kier molecular flexibility index (Phi) is 4.12. The number of hydrogen-bond donors (Lipinski definition) is 2. The summed E-state index contributed by atoms with van der Waals surface area (Å²) in [6, 6.07) is 9.97. The molecular weight excluding hydrogens is 267 g/mol. The van der Waals surface area contributed by atoms with Crippen molar-refractivity contribution < 1.29 is 9.13 Å². The van der Waals surface area contributed by atoms with Crippen molar-refractivity contribution in [3.8, 4) is 5.75 Å². The molecule has 0 amide bonds. The van der Waals surface area contributed by atoms with Crippen LogP contribution in [0, 0.1) is 5.82 Å². The number of rotatable bonds is 4. The van der Waals surface area contributed by atoms with Crippen LogP contribution in [-0.2, 0) is 0 Å². The molecule has 0 bridgehead atoms. The number of anilines is 3. The molecule has 3 nitrogen and oxygen atoms in total. The Balaban J connectivity index is 2.19. The minimum absolute atomic E-state index is 0.00902. The molecule has 0 heterocycles. The van der Waals surface area contributed by atoms with Crippen molar-refractivity contribution in [2.75, 3.05) is 17.7 Å². The van der Waals surface area contributed by atoms with Crippen molar-refractivity contribution in [2.45, 2.75) is 6.92 Å². The molecule has 0 aliphatic rings. The topological polar surface area (TPSA) is 47.3 Å². The molecule has 0 aliphatic heterocycles. The van der Waals surface area contributed by atoms with Crippen LogP contribution in [0.4, 0.5) is 21.5 Å². The molecule has 0 radical (unpaired) electrons. The molecule has 0 aliphatic carbocycles. The standard InChI is InChI=1S/C14H14ClFN2O/c1-2-19-10-5-3-9(4-6-10)18-14-8-12(16)11(15)7-13(14)17/h3-8,18H,2,17H2,1H3. The zero-order chi connectivity index (χ0) is 13.8. The molecule has 2 aromatic carbocycles. The number of halogens is 2. The summed E-state index contributed by atoms with van der Waals surface area (Å²) in [6.07, 6.45) is 0. The molecule has 5 heteroatoms. The molecule has 0 spiro atoms. The highest BCUT2D eigenvalue weighted by molar-refractivity contribution is 6.31. The summed E-state index contributed by atoms with van der Waals surface area (Å²) in [5.41, 5.74) is 7.43. The van der Waals surface area contributed by atoms with Crippen LogP contribution in [0.2, 0.25) is 5.02 Å². The zero-order valence-corrected chi connectivity index (χ0v) is 11.2. The van der Waals surface area contributed by atoms with Gasteiger partial charge in [-0.15, -0.1) is 0 Å². The number of ether oxygens (including phenoxy) is 1. The molecule has 0 fully saturated rings. The SMILES string of the molecule is CCOc1ccc(Nc2cc(F)c(Cl)cc2N)cc1. The fourth-order valence-electron chi connectivity index (χ4n) is 1.63. The molecule has 0 atom stereocenters. The first-order chi connectivity index (χ1) is 9.10. The molecule has 2 aromatic rings. The van der Waals surface area contributed by atoms with Gasteiger partial charge in [0, 0.05) is 11.8 Å². The van der Waals surface area contributed by atoms with Gasteiger partial charge in [-0.3, -0.25) is 0 Å². The van der Waals surface area contributed by atoms with Crippen molar-refractivity contribution in [1.29, 1.82) is 0 Å². The van der Waals surface area contributed by atoms with E-state index in [2.05, 4.69) is 5.32 Å². The number of hydrogen-bond acceptors (Lipinski definition) is 3. The predicted molar refractivity (Wildman–Crippen MR) is 76.7 cm³/mol.